The van der Waals surface area contributed by atoms with E-state index in [0.717, 1.165) is 26.2 Å². The van der Waals surface area contributed by atoms with Crippen LogP contribution in [-0.4, -0.2) is 61.4 Å². The van der Waals surface area contributed by atoms with E-state index >= 15 is 0 Å². The summed E-state index contributed by atoms with van der Waals surface area (Å²) in [7, 11) is 0. The van der Waals surface area contributed by atoms with Gasteiger partial charge in [-0.25, -0.2) is 4.79 Å². The molecule has 1 rings (SSSR count). The molecule has 1 aliphatic rings. The number of morpholine rings is 1. The molecule has 0 spiro atoms. The number of carboxylic acid groups (broad SMARTS) is 1. The minimum absolute atomic E-state index is 0.148. The molecule has 1 saturated heterocycles. The molecule has 1 heterocycles. The molecule has 5 nitrogen and oxygen atoms in total. The van der Waals surface area contributed by atoms with Crippen LogP contribution < -0.4 is 5.32 Å². The van der Waals surface area contributed by atoms with Crippen molar-refractivity contribution in [3.05, 3.63) is 12.2 Å². The quantitative estimate of drug-likeness (QED) is 0.624. The molecule has 0 amide bonds. The zero-order chi connectivity index (χ0) is 12.0. The van der Waals surface area contributed by atoms with E-state index in [1.54, 1.807) is 0 Å². The van der Waals surface area contributed by atoms with E-state index in [2.05, 4.69) is 23.7 Å². The largest absolute Gasteiger partial charge is 0.478 e. The Morgan fingerprint density at radius 2 is 2.44 bits per heavy atom. The number of nitrogens with one attached hydrogen (secondary N) is 1. The van der Waals surface area contributed by atoms with E-state index in [1.165, 1.54) is 0 Å². The first kappa shape index (κ1) is 13.2. The third-order valence-corrected chi connectivity index (χ3v) is 2.68. The number of aliphatic carboxylic acids is 1. The first-order valence-corrected chi connectivity index (χ1v) is 5.59. The second kappa shape index (κ2) is 6.62. The van der Waals surface area contributed by atoms with Gasteiger partial charge in [-0.2, -0.15) is 0 Å². The molecule has 0 radical (unpaired) electrons. The Kier molecular flexibility index (Phi) is 5.45. The van der Waals surface area contributed by atoms with Gasteiger partial charge in [0.15, 0.2) is 0 Å². The van der Waals surface area contributed by atoms with Crippen molar-refractivity contribution in [2.45, 2.75) is 13.0 Å². The van der Waals surface area contributed by atoms with Crippen molar-refractivity contribution < 1.29 is 14.6 Å². The van der Waals surface area contributed by atoms with Gasteiger partial charge < -0.3 is 15.2 Å². The average molecular weight is 228 g/mol. The zero-order valence-electron chi connectivity index (χ0n) is 9.74. The second-order valence-corrected chi connectivity index (χ2v) is 3.93. The van der Waals surface area contributed by atoms with Crippen molar-refractivity contribution in [3.63, 3.8) is 0 Å². The van der Waals surface area contributed by atoms with Crippen molar-refractivity contribution in [2.75, 3.05) is 39.3 Å². The lowest BCUT2D eigenvalue weighted by atomic mass is 10.2. The first-order chi connectivity index (χ1) is 7.63. The number of carbonyl (C=O) groups is 1. The highest BCUT2D eigenvalue weighted by Gasteiger charge is 2.18. The number of carboxylic acids is 1. The summed E-state index contributed by atoms with van der Waals surface area (Å²) in [5.41, 5.74) is 0.183. The molecule has 0 saturated carbocycles. The van der Waals surface area contributed by atoms with Gasteiger partial charge in [0.1, 0.15) is 0 Å². The third kappa shape index (κ3) is 4.30. The minimum atomic E-state index is -0.952. The molecule has 2 N–H and O–H groups in total. The zero-order valence-corrected chi connectivity index (χ0v) is 9.74. The van der Waals surface area contributed by atoms with Crippen LogP contribution in [0.5, 0.6) is 0 Å². The van der Waals surface area contributed by atoms with Gasteiger partial charge in [-0.05, 0) is 6.54 Å². The molecule has 16 heavy (non-hydrogen) atoms. The highest BCUT2D eigenvalue weighted by atomic mass is 16.5. The lowest BCUT2D eigenvalue weighted by molar-refractivity contribution is -0.132. The predicted molar refractivity (Wildman–Crippen MR) is 61.5 cm³/mol. The summed E-state index contributed by atoms with van der Waals surface area (Å²) >= 11 is 0. The first-order valence-electron chi connectivity index (χ1n) is 5.59. The standard InChI is InChI=1S/C11H20N2O3/c1-3-13-4-5-16-10(8-13)7-12-6-9(2)11(14)15/h10,12H,2-8H2,1H3,(H,14,15). The normalized spacial score (nSPS) is 21.9. The molecular formula is C11H20N2O3. The number of nitrogens with zero attached hydrogens (tertiary/aromatic N) is 1. The summed E-state index contributed by atoms with van der Waals surface area (Å²) in [4.78, 5) is 12.8. The average Bonchev–Trinajstić information content (AvgIpc) is 2.29. The molecule has 1 aliphatic heterocycles. The molecule has 5 heteroatoms. The fourth-order valence-corrected chi connectivity index (χ4v) is 1.65. The second-order valence-electron chi connectivity index (χ2n) is 3.93. The Bertz CT molecular complexity index is 256. The van der Waals surface area contributed by atoms with Crippen molar-refractivity contribution in [2.24, 2.45) is 0 Å². The van der Waals surface area contributed by atoms with E-state index in [9.17, 15) is 4.79 Å². The van der Waals surface area contributed by atoms with E-state index in [4.69, 9.17) is 9.84 Å². The Hall–Kier alpha value is -0.910. The van der Waals surface area contributed by atoms with Crippen molar-refractivity contribution in [1.82, 2.24) is 10.2 Å². The van der Waals surface area contributed by atoms with Crippen LogP contribution in [0.15, 0.2) is 12.2 Å². The van der Waals surface area contributed by atoms with Crippen LogP contribution in [0.1, 0.15) is 6.92 Å². The number of ether oxygens (including phenoxy) is 1. The van der Waals surface area contributed by atoms with Crippen LogP contribution in [0, 0.1) is 0 Å². The number of hydrogen-bond acceptors (Lipinski definition) is 4. The van der Waals surface area contributed by atoms with Gasteiger partial charge >= 0.3 is 5.97 Å². The third-order valence-electron chi connectivity index (χ3n) is 2.68. The summed E-state index contributed by atoms with van der Waals surface area (Å²) in [5.74, 6) is -0.952. The van der Waals surface area contributed by atoms with Gasteiger partial charge in [-0.3, -0.25) is 4.90 Å². The number of likely N-dealkylation sites (N-methyl/N-ethyl adjacent to an activating group) is 1. The number of hydrogen-bond donors (Lipinski definition) is 2. The van der Waals surface area contributed by atoms with Gasteiger partial charge in [0.25, 0.3) is 0 Å². The summed E-state index contributed by atoms with van der Waals surface area (Å²) in [6.07, 6.45) is 0.148. The Balaban J connectivity index is 2.17. The molecule has 1 atom stereocenters. The molecule has 0 aromatic carbocycles. The Morgan fingerprint density at radius 3 is 3.06 bits per heavy atom. The van der Waals surface area contributed by atoms with Crippen molar-refractivity contribution >= 4 is 5.97 Å². The van der Waals surface area contributed by atoms with Crippen LogP contribution in [0.25, 0.3) is 0 Å². The lowest BCUT2D eigenvalue weighted by Crippen LogP contribution is -2.46. The molecule has 0 aliphatic carbocycles. The van der Waals surface area contributed by atoms with Gasteiger partial charge in [-0.15, -0.1) is 0 Å². The van der Waals surface area contributed by atoms with Gasteiger partial charge in [0.05, 0.1) is 12.7 Å². The maximum atomic E-state index is 10.5. The fourth-order valence-electron chi connectivity index (χ4n) is 1.65. The van der Waals surface area contributed by atoms with E-state index in [0.29, 0.717) is 13.1 Å². The molecule has 0 aromatic rings. The Labute approximate surface area is 96.1 Å². The van der Waals surface area contributed by atoms with Crippen molar-refractivity contribution in [3.8, 4) is 0 Å². The Morgan fingerprint density at radius 1 is 1.69 bits per heavy atom. The maximum absolute atomic E-state index is 10.5. The van der Waals surface area contributed by atoms with Gasteiger partial charge in [-0.1, -0.05) is 13.5 Å². The smallest absolute Gasteiger partial charge is 0.332 e. The van der Waals surface area contributed by atoms with Crippen LogP contribution in [0.4, 0.5) is 0 Å². The summed E-state index contributed by atoms with van der Waals surface area (Å²) in [6, 6.07) is 0. The summed E-state index contributed by atoms with van der Waals surface area (Å²) < 4.78 is 5.57. The van der Waals surface area contributed by atoms with E-state index < -0.39 is 5.97 Å². The SMILES string of the molecule is C=C(CNCC1CN(CC)CCO1)C(=O)O. The highest BCUT2D eigenvalue weighted by Crippen LogP contribution is 2.03. The molecule has 0 aromatic heterocycles. The van der Waals surface area contributed by atoms with E-state index in [-0.39, 0.29) is 11.7 Å². The molecule has 1 unspecified atom stereocenters. The minimum Gasteiger partial charge on any atom is -0.478 e. The van der Waals surface area contributed by atoms with Gasteiger partial charge in [0, 0.05) is 31.8 Å². The van der Waals surface area contributed by atoms with Crippen LogP contribution >= 0.6 is 0 Å². The van der Waals surface area contributed by atoms with Crippen LogP contribution in [-0.2, 0) is 9.53 Å². The maximum Gasteiger partial charge on any atom is 0.332 e. The lowest BCUT2D eigenvalue weighted by Gasteiger charge is -2.32. The summed E-state index contributed by atoms with van der Waals surface area (Å²) in [5, 5.41) is 11.7. The van der Waals surface area contributed by atoms with E-state index in [1.807, 2.05) is 0 Å². The molecule has 0 bridgehead atoms. The molecule has 92 valence electrons. The fraction of sp³-hybridized carbons (Fsp3) is 0.727. The van der Waals surface area contributed by atoms with Crippen molar-refractivity contribution in [1.29, 1.82) is 0 Å². The van der Waals surface area contributed by atoms with Crippen LogP contribution in [0.2, 0.25) is 0 Å². The molecule has 1 fully saturated rings. The summed E-state index contributed by atoms with van der Waals surface area (Å²) in [6.45, 7) is 10.2. The monoisotopic (exact) mass is 228 g/mol. The topological polar surface area (TPSA) is 61.8 Å². The molecular weight excluding hydrogens is 208 g/mol. The van der Waals surface area contributed by atoms with Gasteiger partial charge in [0.2, 0.25) is 0 Å². The number of rotatable bonds is 6. The predicted octanol–water partition coefficient (Wildman–Crippen LogP) is -0.0625. The highest BCUT2D eigenvalue weighted by molar-refractivity contribution is 5.86. The van der Waals surface area contributed by atoms with Crippen LogP contribution in [0.3, 0.4) is 0 Å².